The number of nitrogens with one attached hydrogen (secondary N) is 1. The van der Waals surface area contributed by atoms with Crippen molar-refractivity contribution in [3.63, 3.8) is 0 Å². The van der Waals surface area contributed by atoms with Crippen LogP contribution >= 0.6 is 0 Å². The fraction of sp³-hybridized carbons (Fsp3) is 0.588. The minimum Gasteiger partial charge on any atom is -0.383 e. The van der Waals surface area contributed by atoms with Crippen LogP contribution in [-0.2, 0) is 14.8 Å². The minimum atomic E-state index is -3.48. The fourth-order valence-electron chi connectivity index (χ4n) is 2.81. The summed E-state index contributed by atoms with van der Waals surface area (Å²) in [5.74, 6) is -0.238. The Labute approximate surface area is 144 Å². The van der Waals surface area contributed by atoms with Crippen LogP contribution in [0.15, 0.2) is 29.2 Å². The number of sulfonamides is 1. The molecule has 1 aromatic rings. The van der Waals surface area contributed by atoms with Gasteiger partial charge in [-0.25, -0.2) is 8.42 Å². The highest BCUT2D eigenvalue weighted by Gasteiger charge is 2.25. The summed E-state index contributed by atoms with van der Waals surface area (Å²) in [7, 11) is -1.90. The summed E-state index contributed by atoms with van der Waals surface area (Å²) >= 11 is 0. The number of rotatable bonds is 6. The maximum absolute atomic E-state index is 12.7. The lowest BCUT2D eigenvalue weighted by molar-refractivity contribution is 0.0905. The van der Waals surface area contributed by atoms with Crippen molar-refractivity contribution in [3.05, 3.63) is 29.8 Å². The second kappa shape index (κ2) is 8.60. The number of amides is 1. The largest absolute Gasteiger partial charge is 0.383 e. The van der Waals surface area contributed by atoms with E-state index in [0.29, 0.717) is 25.3 Å². The Kier molecular flexibility index (Phi) is 6.77. The maximum atomic E-state index is 12.7. The van der Waals surface area contributed by atoms with Gasteiger partial charge in [-0.1, -0.05) is 12.8 Å². The Balaban J connectivity index is 2.09. The Morgan fingerprint density at radius 2 is 1.75 bits per heavy atom. The number of hydrogen-bond donors (Lipinski definition) is 1. The van der Waals surface area contributed by atoms with Crippen LogP contribution in [0.3, 0.4) is 0 Å². The van der Waals surface area contributed by atoms with Gasteiger partial charge in [-0.3, -0.25) is 4.79 Å². The van der Waals surface area contributed by atoms with Gasteiger partial charge in [0.1, 0.15) is 0 Å². The molecular weight excluding hydrogens is 328 g/mol. The molecule has 0 aliphatic carbocycles. The summed E-state index contributed by atoms with van der Waals surface area (Å²) in [5.41, 5.74) is 0.438. The molecule has 0 spiro atoms. The summed E-state index contributed by atoms with van der Waals surface area (Å²) < 4.78 is 31.9. The normalized spacial score (nSPS) is 17.9. The number of carbonyl (C=O) groups excluding carboxylic acids is 1. The number of hydrogen-bond acceptors (Lipinski definition) is 4. The third-order valence-electron chi connectivity index (χ3n) is 4.11. The molecule has 0 aromatic heterocycles. The van der Waals surface area contributed by atoms with E-state index in [1.165, 1.54) is 12.1 Å². The first-order chi connectivity index (χ1) is 11.4. The molecule has 2 rings (SSSR count). The minimum absolute atomic E-state index is 0.108. The molecule has 7 heteroatoms. The molecule has 6 nitrogen and oxygen atoms in total. The van der Waals surface area contributed by atoms with E-state index >= 15 is 0 Å². The van der Waals surface area contributed by atoms with E-state index in [1.807, 2.05) is 6.92 Å². The van der Waals surface area contributed by atoms with Crippen LogP contribution in [-0.4, -0.2) is 51.5 Å². The molecule has 24 heavy (non-hydrogen) atoms. The van der Waals surface area contributed by atoms with Gasteiger partial charge in [-0.15, -0.1) is 0 Å². The first-order valence-corrected chi connectivity index (χ1v) is 9.79. The average molecular weight is 354 g/mol. The first-order valence-electron chi connectivity index (χ1n) is 8.35. The van der Waals surface area contributed by atoms with Gasteiger partial charge in [0.25, 0.3) is 5.91 Å². The molecule has 1 saturated heterocycles. The Morgan fingerprint density at radius 1 is 1.17 bits per heavy atom. The Morgan fingerprint density at radius 3 is 2.29 bits per heavy atom. The highest BCUT2D eigenvalue weighted by atomic mass is 32.2. The Hall–Kier alpha value is -1.44. The SMILES string of the molecule is COCC(C)NC(=O)c1ccc(S(=O)(=O)N2CCCCCC2)cc1. The molecule has 0 radical (unpaired) electrons. The van der Waals surface area contributed by atoms with E-state index in [-0.39, 0.29) is 16.8 Å². The van der Waals surface area contributed by atoms with Crippen LogP contribution in [0.1, 0.15) is 43.0 Å². The van der Waals surface area contributed by atoms with Gasteiger partial charge in [-0.2, -0.15) is 4.31 Å². The molecule has 1 atom stereocenters. The van der Waals surface area contributed by atoms with Crippen LogP contribution < -0.4 is 5.32 Å². The standard InChI is InChI=1S/C17H26N2O4S/c1-14(13-23-2)18-17(20)15-7-9-16(10-8-15)24(21,22)19-11-5-3-4-6-12-19/h7-10,14H,3-6,11-13H2,1-2H3,(H,18,20). The van der Waals surface area contributed by atoms with Gasteiger partial charge in [0.15, 0.2) is 0 Å². The van der Waals surface area contributed by atoms with Gasteiger partial charge >= 0.3 is 0 Å². The van der Waals surface area contributed by atoms with Gasteiger partial charge in [0, 0.05) is 31.8 Å². The summed E-state index contributed by atoms with van der Waals surface area (Å²) in [6, 6.07) is 6.02. The van der Waals surface area contributed by atoms with Crippen molar-refractivity contribution in [2.24, 2.45) is 0 Å². The molecule has 1 heterocycles. The quantitative estimate of drug-likeness (QED) is 0.848. The van der Waals surface area contributed by atoms with Crippen LogP contribution in [0.4, 0.5) is 0 Å². The number of methoxy groups -OCH3 is 1. The van der Waals surface area contributed by atoms with Crippen molar-refractivity contribution < 1.29 is 17.9 Å². The monoisotopic (exact) mass is 354 g/mol. The molecule has 1 amide bonds. The van der Waals surface area contributed by atoms with Crippen molar-refractivity contribution in [3.8, 4) is 0 Å². The third-order valence-corrected chi connectivity index (χ3v) is 6.03. The lowest BCUT2D eigenvalue weighted by atomic mass is 10.2. The molecular formula is C17H26N2O4S. The summed E-state index contributed by atoms with van der Waals surface area (Å²) in [4.78, 5) is 12.4. The first kappa shape index (κ1) is 18.9. The highest BCUT2D eigenvalue weighted by Crippen LogP contribution is 2.20. The second-order valence-electron chi connectivity index (χ2n) is 6.17. The van der Waals surface area contributed by atoms with Gasteiger partial charge in [-0.05, 0) is 44.0 Å². The molecule has 134 valence electrons. The van der Waals surface area contributed by atoms with Crippen LogP contribution in [0.2, 0.25) is 0 Å². The number of carbonyl (C=O) groups is 1. The summed E-state index contributed by atoms with van der Waals surface area (Å²) in [5, 5.41) is 2.80. The van der Waals surface area contributed by atoms with E-state index in [9.17, 15) is 13.2 Å². The average Bonchev–Trinajstić information content (AvgIpc) is 2.85. The molecule has 0 saturated carbocycles. The number of nitrogens with zero attached hydrogens (tertiary/aromatic N) is 1. The molecule has 0 bridgehead atoms. The zero-order chi connectivity index (χ0) is 17.6. The maximum Gasteiger partial charge on any atom is 0.251 e. The fourth-order valence-corrected chi connectivity index (χ4v) is 4.33. The zero-order valence-corrected chi connectivity index (χ0v) is 15.1. The van der Waals surface area contributed by atoms with Crippen molar-refractivity contribution in [1.82, 2.24) is 9.62 Å². The van der Waals surface area contributed by atoms with Gasteiger partial charge in [0.2, 0.25) is 10.0 Å². The Bertz CT molecular complexity index is 635. The number of benzene rings is 1. The van der Waals surface area contributed by atoms with Crippen molar-refractivity contribution in [2.75, 3.05) is 26.8 Å². The van der Waals surface area contributed by atoms with Gasteiger partial charge in [0.05, 0.1) is 11.5 Å². The molecule has 1 aliphatic rings. The molecule has 1 fully saturated rings. The zero-order valence-electron chi connectivity index (χ0n) is 14.3. The van der Waals surface area contributed by atoms with E-state index in [2.05, 4.69) is 5.32 Å². The second-order valence-corrected chi connectivity index (χ2v) is 8.11. The molecule has 1 aromatic carbocycles. The lowest BCUT2D eigenvalue weighted by Crippen LogP contribution is -2.35. The van der Waals surface area contributed by atoms with Crippen LogP contribution in [0, 0.1) is 0 Å². The highest BCUT2D eigenvalue weighted by molar-refractivity contribution is 7.89. The van der Waals surface area contributed by atoms with Gasteiger partial charge < -0.3 is 10.1 Å². The van der Waals surface area contributed by atoms with Crippen molar-refractivity contribution in [2.45, 2.75) is 43.5 Å². The van der Waals surface area contributed by atoms with E-state index in [1.54, 1.807) is 23.5 Å². The molecule has 1 N–H and O–H groups in total. The van der Waals surface area contributed by atoms with Crippen LogP contribution in [0.5, 0.6) is 0 Å². The summed E-state index contributed by atoms with van der Waals surface area (Å²) in [6.45, 7) is 3.41. The molecule has 1 aliphatic heterocycles. The number of ether oxygens (including phenoxy) is 1. The topological polar surface area (TPSA) is 75.7 Å². The van der Waals surface area contributed by atoms with E-state index < -0.39 is 10.0 Å². The predicted octanol–water partition coefficient (Wildman–Crippen LogP) is 2.02. The van der Waals surface area contributed by atoms with Crippen LogP contribution in [0.25, 0.3) is 0 Å². The third kappa shape index (κ3) is 4.78. The van der Waals surface area contributed by atoms with E-state index in [0.717, 1.165) is 25.7 Å². The van der Waals surface area contributed by atoms with E-state index in [4.69, 9.17) is 4.74 Å². The van der Waals surface area contributed by atoms with Crippen molar-refractivity contribution >= 4 is 15.9 Å². The summed E-state index contributed by atoms with van der Waals surface area (Å²) in [6.07, 6.45) is 3.95. The predicted molar refractivity (Wildman–Crippen MR) is 92.5 cm³/mol. The smallest absolute Gasteiger partial charge is 0.251 e. The lowest BCUT2D eigenvalue weighted by Gasteiger charge is -2.20. The molecule has 1 unspecified atom stereocenters. The van der Waals surface area contributed by atoms with Crippen molar-refractivity contribution in [1.29, 1.82) is 0 Å².